The lowest BCUT2D eigenvalue weighted by Gasteiger charge is -2.23. The summed E-state index contributed by atoms with van der Waals surface area (Å²) in [5, 5.41) is 1.05. The van der Waals surface area contributed by atoms with Gasteiger partial charge < -0.3 is 14.0 Å². The van der Waals surface area contributed by atoms with Gasteiger partial charge in [0.2, 0.25) is 0 Å². The van der Waals surface area contributed by atoms with Gasteiger partial charge in [-0.15, -0.1) is 0 Å². The standard InChI is InChI=1S/C19H24N4O/c1-5-15(13-21(2)3)23-11-10-20-18(23)16-12-14-8-6-7-9-17(14)22(4)19(16)24/h6-12,15H,5,13H2,1-4H3. The highest BCUT2D eigenvalue weighted by Gasteiger charge is 2.18. The fraction of sp³-hybridized carbons (Fsp3) is 0.368. The summed E-state index contributed by atoms with van der Waals surface area (Å²) in [5.74, 6) is 0.745. The lowest BCUT2D eigenvalue weighted by molar-refractivity contribution is 0.317. The van der Waals surface area contributed by atoms with Crippen LogP contribution in [-0.2, 0) is 7.05 Å². The Labute approximate surface area is 142 Å². The van der Waals surface area contributed by atoms with Crippen molar-refractivity contribution in [2.45, 2.75) is 19.4 Å². The summed E-state index contributed by atoms with van der Waals surface area (Å²) in [6, 6.07) is 10.2. The number of nitrogens with zero attached hydrogens (tertiary/aromatic N) is 4. The molecule has 0 radical (unpaired) electrons. The van der Waals surface area contributed by atoms with Crippen LogP contribution in [0.25, 0.3) is 22.3 Å². The van der Waals surface area contributed by atoms with Crippen molar-refractivity contribution in [3.63, 3.8) is 0 Å². The topological polar surface area (TPSA) is 43.1 Å². The number of pyridine rings is 1. The molecule has 1 aromatic carbocycles. The maximum Gasteiger partial charge on any atom is 0.261 e. The first-order chi connectivity index (χ1) is 11.5. The summed E-state index contributed by atoms with van der Waals surface area (Å²) < 4.78 is 3.84. The van der Waals surface area contributed by atoms with Crippen LogP contribution in [0.4, 0.5) is 0 Å². The summed E-state index contributed by atoms with van der Waals surface area (Å²) in [6.45, 7) is 3.07. The molecular formula is C19H24N4O. The molecule has 1 atom stereocenters. The maximum absolute atomic E-state index is 12.9. The van der Waals surface area contributed by atoms with Crippen LogP contribution in [0, 0.1) is 0 Å². The Morgan fingerprint density at radius 1 is 1.25 bits per heavy atom. The fourth-order valence-electron chi connectivity index (χ4n) is 3.23. The van der Waals surface area contributed by atoms with Crippen LogP contribution in [-0.4, -0.2) is 39.7 Å². The van der Waals surface area contributed by atoms with Crippen LogP contribution < -0.4 is 5.56 Å². The predicted octanol–water partition coefficient (Wildman–Crippen LogP) is 2.91. The van der Waals surface area contributed by atoms with E-state index >= 15 is 0 Å². The highest BCUT2D eigenvalue weighted by Crippen LogP contribution is 2.24. The molecule has 0 amide bonds. The quantitative estimate of drug-likeness (QED) is 0.725. The van der Waals surface area contributed by atoms with Crippen molar-refractivity contribution in [1.29, 1.82) is 0 Å². The molecule has 3 aromatic rings. The van der Waals surface area contributed by atoms with E-state index in [4.69, 9.17) is 0 Å². The second kappa shape index (κ2) is 6.61. The summed E-state index contributed by atoms with van der Waals surface area (Å²) in [4.78, 5) is 19.5. The number of para-hydroxylation sites is 1. The maximum atomic E-state index is 12.9. The van der Waals surface area contributed by atoms with E-state index in [1.54, 1.807) is 10.8 Å². The second-order valence-electron chi connectivity index (χ2n) is 6.46. The summed E-state index contributed by atoms with van der Waals surface area (Å²) >= 11 is 0. The summed E-state index contributed by atoms with van der Waals surface area (Å²) in [7, 11) is 5.95. The van der Waals surface area contributed by atoms with Gasteiger partial charge in [0.15, 0.2) is 0 Å². The van der Waals surface area contributed by atoms with Gasteiger partial charge in [-0.05, 0) is 38.0 Å². The normalized spacial score (nSPS) is 12.9. The van der Waals surface area contributed by atoms with Gasteiger partial charge in [-0.3, -0.25) is 4.79 Å². The molecule has 0 N–H and O–H groups in total. The van der Waals surface area contributed by atoms with Crippen molar-refractivity contribution in [2.24, 2.45) is 7.05 Å². The molecule has 24 heavy (non-hydrogen) atoms. The third-order valence-electron chi connectivity index (χ3n) is 4.48. The first-order valence-corrected chi connectivity index (χ1v) is 8.29. The van der Waals surface area contributed by atoms with Crippen LogP contribution in [0.1, 0.15) is 19.4 Å². The van der Waals surface area contributed by atoms with Crippen LogP contribution >= 0.6 is 0 Å². The Hall–Kier alpha value is -2.40. The summed E-state index contributed by atoms with van der Waals surface area (Å²) in [5.41, 5.74) is 1.57. The Balaban J connectivity index is 2.17. The lowest BCUT2D eigenvalue weighted by atomic mass is 10.1. The van der Waals surface area contributed by atoms with Gasteiger partial charge in [-0.2, -0.15) is 0 Å². The minimum absolute atomic E-state index is 0.0131. The van der Waals surface area contributed by atoms with E-state index < -0.39 is 0 Å². The van der Waals surface area contributed by atoms with E-state index in [1.807, 2.05) is 43.6 Å². The SMILES string of the molecule is CCC(CN(C)C)n1ccnc1-c1cc2ccccc2n(C)c1=O. The van der Waals surface area contributed by atoms with E-state index in [2.05, 4.69) is 35.5 Å². The molecule has 0 saturated carbocycles. The van der Waals surface area contributed by atoms with Crippen molar-refractivity contribution < 1.29 is 0 Å². The average Bonchev–Trinajstić information content (AvgIpc) is 3.05. The van der Waals surface area contributed by atoms with E-state index in [9.17, 15) is 4.79 Å². The van der Waals surface area contributed by atoms with Gasteiger partial charge in [0.05, 0.1) is 11.1 Å². The molecule has 126 valence electrons. The zero-order valence-corrected chi connectivity index (χ0v) is 14.7. The number of rotatable bonds is 5. The molecule has 5 heteroatoms. The average molecular weight is 324 g/mol. The molecule has 2 heterocycles. The molecule has 0 aliphatic carbocycles. The molecule has 0 bridgehead atoms. The van der Waals surface area contributed by atoms with Gasteiger partial charge in [-0.1, -0.05) is 25.1 Å². The van der Waals surface area contributed by atoms with Crippen molar-refractivity contribution >= 4 is 10.9 Å². The number of hydrogen-bond donors (Lipinski definition) is 0. The van der Waals surface area contributed by atoms with Crippen molar-refractivity contribution in [3.05, 3.63) is 53.1 Å². The number of likely N-dealkylation sites (N-methyl/N-ethyl adjacent to an activating group) is 1. The predicted molar refractivity (Wildman–Crippen MR) is 98.3 cm³/mol. The molecule has 5 nitrogen and oxygen atoms in total. The van der Waals surface area contributed by atoms with Crippen molar-refractivity contribution in [2.75, 3.05) is 20.6 Å². The van der Waals surface area contributed by atoms with E-state index in [0.717, 1.165) is 29.7 Å². The van der Waals surface area contributed by atoms with Crippen LogP contribution in [0.3, 0.4) is 0 Å². The molecule has 0 saturated heterocycles. The largest absolute Gasteiger partial charge is 0.326 e. The van der Waals surface area contributed by atoms with Gasteiger partial charge in [0.25, 0.3) is 5.56 Å². The third kappa shape index (κ3) is 2.87. The van der Waals surface area contributed by atoms with Crippen LogP contribution in [0.15, 0.2) is 47.5 Å². The molecule has 0 fully saturated rings. The molecule has 0 spiro atoms. The first kappa shape index (κ1) is 16.5. The first-order valence-electron chi connectivity index (χ1n) is 8.29. The molecule has 0 aliphatic heterocycles. The van der Waals surface area contributed by atoms with Gasteiger partial charge >= 0.3 is 0 Å². The number of imidazole rings is 1. The Morgan fingerprint density at radius 3 is 2.71 bits per heavy atom. The molecule has 0 aliphatic rings. The Morgan fingerprint density at radius 2 is 2.00 bits per heavy atom. The fourth-order valence-corrected chi connectivity index (χ4v) is 3.23. The molecule has 3 rings (SSSR count). The Kier molecular flexibility index (Phi) is 4.53. The van der Waals surface area contributed by atoms with Crippen LogP contribution in [0.5, 0.6) is 0 Å². The van der Waals surface area contributed by atoms with E-state index in [0.29, 0.717) is 5.56 Å². The number of aromatic nitrogens is 3. The van der Waals surface area contributed by atoms with E-state index in [1.165, 1.54) is 0 Å². The second-order valence-corrected chi connectivity index (χ2v) is 6.46. The van der Waals surface area contributed by atoms with Gasteiger partial charge in [-0.25, -0.2) is 4.98 Å². The number of aryl methyl sites for hydroxylation is 1. The minimum Gasteiger partial charge on any atom is -0.326 e. The smallest absolute Gasteiger partial charge is 0.261 e. The number of hydrogen-bond acceptors (Lipinski definition) is 3. The highest BCUT2D eigenvalue weighted by molar-refractivity contribution is 5.83. The van der Waals surface area contributed by atoms with Crippen LogP contribution in [0.2, 0.25) is 0 Å². The highest BCUT2D eigenvalue weighted by atomic mass is 16.1. The zero-order chi connectivity index (χ0) is 17.3. The van der Waals surface area contributed by atoms with Crippen molar-refractivity contribution in [1.82, 2.24) is 19.0 Å². The lowest BCUT2D eigenvalue weighted by Crippen LogP contribution is -2.26. The molecule has 1 unspecified atom stereocenters. The van der Waals surface area contributed by atoms with Gasteiger partial charge in [0, 0.05) is 32.0 Å². The third-order valence-corrected chi connectivity index (χ3v) is 4.48. The van der Waals surface area contributed by atoms with Crippen molar-refractivity contribution in [3.8, 4) is 11.4 Å². The Bertz CT molecular complexity index is 907. The number of benzene rings is 1. The molecule has 2 aromatic heterocycles. The van der Waals surface area contributed by atoms with E-state index in [-0.39, 0.29) is 11.6 Å². The minimum atomic E-state index is -0.0131. The van der Waals surface area contributed by atoms with Gasteiger partial charge in [0.1, 0.15) is 5.82 Å². The summed E-state index contributed by atoms with van der Waals surface area (Å²) in [6.07, 6.45) is 4.74. The monoisotopic (exact) mass is 324 g/mol. The zero-order valence-electron chi connectivity index (χ0n) is 14.7. The number of fused-ring (bicyclic) bond motifs is 1. The molecular weight excluding hydrogens is 300 g/mol.